The molecule has 54 heavy (non-hydrogen) atoms. The van der Waals surface area contributed by atoms with E-state index < -0.39 is 84.1 Å². The first-order valence-electron chi connectivity index (χ1n) is 16.9. The standard InChI is InChI=1S/C33H46N10O11/c1-22-15-42(30(50)36-28(22)48)18-25(45)40(10-8-35-32(52)54-33(3,4)5)17-24(44)34-7-9-41(20-27(47)53-14-13-39-12-11-38(6)21-39)26(46)19-43-16-23(2)29(49)37-31(43)51/h11-12,15-16,21H,7-10,13-14,17-20H2,1-6H3,(H3-,34,35,36,37,44,48,49,50,51,52)/p+1. The normalized spacial score (nSPS) is 11.1. The molecule has 0 aliphatic carbocycles. The van der Waals surface area contributed by atoms with E-state index in [0.29, 0.717) is 6.54 Å². The summed E-state index contributed by atoms with van der Waals surface area (Å²) >= 11 is 0. The van der Waals surface area contributed by atoms with Crippen molar-refractivity contribution in [3.8, 4) is 0 Å². The number of aromatic amines is 2. The number of ether oxygens (including phenoxy) is 2. The molecule has 0 aromatic carbocycles. The Balaban J connectivity index is 1.69. The van der Waals surface area contributed by atoms with Gasteiger partial charge in [-0.1, -0.05) is 0 Å². The third-order valence-electron chi connectivity index (χ3n) is 7.54. The fourth-order valence-corrected chi connectivity index (χ4v) is 4.81. The summed E-state index contributed by atoms with van der Waals surface area (Å²) in [6.45, 7) is 5.42. The van der Waals surface area contributed by atoms with Crippen molar-refractivity contribution in [3.63, 3.8) is 0 Å². The van der Waals surface area contributed by atoms with Crippen molar-refractivity contribution in [3.05, 3.63) is 83.9 Å². The molecule has 0 radical (unpaired) electrons. The van der Waals surface area contributed by atoms with Gasteiger partial charge >= 0.3 is 23.4 Å². The zero-order chi connectivity index (χ0) is 40.2. The molecule has 3 aromatic rings. The van der Waals surface area contributed by atoms with Gasteiger partial charge in [0.25, 0.3) is 11.1 Å². The van der Waals surface area contributed by atoms with Crippen molar-refractivity contribution in [2.24, 2.45) is 7.05 Å². The summed E-state index contributed by atoms with van der Waals surface area (Å²) in [6, 6.07) is 0. The topological polar surface area (TPSA) is 253 Å². The highest BCUT2D eigenvalue weighted by molar-refractivity contribution is 5.85. The molecule has 21 nitrogen and oxygen atoms in total. The first kappa shape index (κ1) is 42.1. The Morgan fingerprint density at radius 1 is 0.815 bits per heavy atom. The van der Waals surface area contributed by atoms with E-state index in [4.69, 9.17) is 9.47 Å². The van der Waals surface area contributed by atoms with Crippen LogP contribution < -0.4 is 37.7 Å². The van der Waals surface area contributed by atoms with Crippen molar-refractivity contribution >= 4 is 29.8 Å². The van der Waals surface area contributed by atoms with Crippen LogP contribution in [0.15, 0.2) is 50.3 Å². The molecule has 0 saturated heterocycles. The average molecular weight is 760 g/mol. The molecule has 0 aliphatic rings. The molecular weight excluding hydrogens is 712 g/mol. The number of H-pyrrole nitrogens is 2. The molecule has 0 atom stereocenters. The molecule has 21 heteroatoms. The summed E-state index contributed by atoms with van der Waals surface area (Å²) in [6.07, 6.45) is 7.03. The molecule has 3 heterocycles. The second-order valence-corrected chi connectivity index (χ2v) is 13.3. The maximum atomic E-state index is 13.3. The van der Waals surface area contributed by atoms with Gasteiger partial charge in [-0.3, -0.25) is 47.9 Å². The van der Waals surface area contributed by atoms with Gasteiger partial charge in [-0.25, -0.2) is 23.5 Å². The third-order valence-corrected chi connectivity index (χ3v) is 7.54. The molecular formula is C33H47N10O11+. The zero-order valence-electron chi connectivity index (χ0n) is 31.1. The largest absolute Gasteiger partial charge is 0.460 e. The van der Waals surface area contributed by atoms with Gasteiger partial charge in [-0.15, -0.1) is 0 Å². The van der Waals surface area contributed by atoms with Crippen LogP contribution in [0, 0.1) is 13.8 Å². The molecule has 0 bridgehead atoms. The number of carbonyl (C=O) groups is 5. The number of nitrogens with one attached hydrogen (secondary N) is 4. The van der Waals surface area contributed by atoms with E-state index in [9.17, 15) is 43.2 Å². The van der Waals surface area contributed by atoms with E-state index in [1.807, 2.05) is 17.8 Å². The van der Waals surface area contributed by atoms with E-state index in [0.717, 1.165) is 18.9 Å². The zero-order valence-corrected chi connectivity index (χ0v) is 31.1. The SMILES string of the molecule is Cc1cn(CC(=O)N(CCNC(=O)OC(C)(C)C)CC(=O)NCCN(CC(=O)OCCn2cc[n+](C)c2)C(=O)Cn2cc(C)c(=O)[nH]c2=O)c(=O)[nH]c1=O. The molecule has 4 amide bonds. The second-order valence-electron chi connectivity index (χ2n) is 13.3. The van der Waals surface area contributed by atoms with Crippen LogP contribution in [0.1, 0.15) is 31.9 Å². The van der Waals surface area contributed by atoms with Crippen molar-refractivity contribution in [1.82, 2.24) is 44.1 Å². The predicted octanol–water partition coefficient (Wildman–Crippen LogP) is -3.13. The van der Waals surface area contributed by atoms with Gasteiger partial charge in [-0.2, -0.15) is 0 Å². The van der Waals surface area contributed by atoms with Gasteiger partial charge in [0.05, 0.1) is 13.6 Å². The molecule has 0 fully saturated rings. The number of imidazole rings is 1. The third kappa shape index (κ3) is 13.7. The molecule has 3 aromatic heterocycles. The van der Waals surface area contributed by atoms with Gasteiger partial charge in [0, 0.05) is 49.7 Å². The lowest BCUT2D eigenvalue weighted by atomic mass is 10.2. The highest BCUT2D eigenvalue weighted by Crippen LogP contribution is 2.06. The van der Waals surface area contributed by atoms with Crippen LogP contribution in [-0.2, 0) is 55.3 Å². The molecule has 0 saturated carbocycles. The summed E-state index contributed by atoms with van der Waals surface area (Å²) in [7, 11) is 1.83. The number of amides is 4. The minimum Gasteiger partial charge on any atom is -0.460 e. The van der Waals surface area contributed by atoms with E-state index >= 15 is 0 Å². The molecule has 294 valence electrons. The predicted molar refractivity (Wildman–Crippen MR) is 189 cm³/mol. The highest BCUT2D eigenvalue weighted by atomic mass is 16.6. The molecule has 0 spiro atoms. The smallest absolute Gasteiger partial charge is 0.407 e. The summed E-state index contributed by atoms with van der Waals surface area (Å²) < 4.78 is 16.1. The van der Waals surface area contributed by atoms with Crippen LogP contribution >= 0.6 is 0 Å². The van der Waals surface area contributed by atoms with E-state index in [1.54, 1.807) is 37.9 Å². The summed E-state index contributed by atoms with van der Waals surface area (Å²) in [5.74, 6) is -2.83. The number of nitrogens with zero attached hydrogens (tertiary/aromatic N) is 6. The quantitative estimate of drug-likeness (QED) is 0.0791. The fraction of sp³-hybridized carbons (Fsp3) is 0.515. The minimum absolute atomic E-state index is 0.00224. The van der Waals surface area contributed by atoms with Crippen molar-refractivity contribution in [2.45, 2.75) is 59.9 Å². The lowest BCUT2D eigenvalue weighted by Gasteiger charge is -2.25. The Labute approximate surface area is 308 Å². The summed E-state index contributed by atoms with van der Waals surface area (Å²) in [5, 5.41) is 5.08. The fourth-order valence-electron chi connectivity index (χ4n) is 4.81. The van der Waals surface area contributed by atoms with Gasteiger partial charge < -0.3 is 29.9 Å². The van der Waals surface area contributed by atoms with Crippen molar-refractivity contribution in [2.75, 3.05) is 45.9 Å². The average Bonchev–Trinajstić information content (AvgIpc) is 3.48. The number of aromatic nitrogens is 6. The first-order chi connectivity index (χ1) is 25.3. The number of alkyl carbamates (subject to hydrolysis) is 1. The van der Waals surface area contributed by atoms with E-state index in [2.05, 4.69) is 20.6 Å². The van der Waals surface area contributed by atoms with Crippen LogP contribution in [0.2, 0.25) is 0 Å². The van der Waals surface area contributed by atoms with Crippen molar-refractivity contribution in [1.29, 1.82) is 0 Å². The monoisotopic (exact) mass is 759 g/mol. The van der Waals surface area contributed by atoms with E-state index in [-0.39, 0.29) is 43.9 Å². The number of carbonyl (C=O) groups excluding carboxylic acids is 5. The van der Waals surface area contributed by atoms with Gasteiger partial charge in [0.15, 0.2) is 0 Å². The number of hydrogen-bond acceptors (Lipinski definition) is 11. The van der Waals surface area contributed by atoms with Gasteiger partial charge in [0.2, 0.25) is 24.0 Å². The lowest BCUT2D eigenvalue weighted by molar-refractivity contribution is -0.671. The van der Waals surface area contributed by atoms with Gasteiger partial charge in [-0.05, 0) is 34.6 Å². The second kappa shape index (κ2) is 19.0. The maximum absolute atomic E-state index is 13.3. The summed E-state index contributed by atoms with van der Waals surface area (Å²) in [5.41, 5.74) is -3.33. The molecule has 3 rings (SSSR count). The molecule has 0 aliphatic heterocycles. The summed E-state index contributed by atoms with van der Waals surface area (Å²) in [4.78, 5) is 119. The van der Waals surface area contributed by atoms with E-state index in [1.165, 1.54) is 26.2 Å². The Kier molecular flexibility index (Phi) is 14.8. The Hall–Kier alpha value is -6.28. The highest BCUT2D eigenvalue weighted by Gasteiger charge is 2.23. The number of rotatable bonds is 17. The number of esters is 1. The minimum atomic E-state index is -0.836. The van der Waals surface area contributed by atoms with Crippen LogP contribution in [0.3, 0.4) is 0 Å². The van der Waals surface area contributed by atoms with Crippen LogP contribution in [0.25, 0.3) is 0 Å². The van der Waals surface area contributed by atoms with Crippen LogP contribution in [0.5, 0.6) is 0 Å². The molecule has 4 N–H and O–H groups in total. The lowest BCUT2D eigenvalue weighted by Crippen LogP contribution is -2.48. The Bertz CT molecular complexity index is 2070. The Morgan fingerprint density at radius 3 is 1.83 bits per heavy atom. The molecule has 0 unspecified atom stereocenters. The number of aryl methyl sites for hydroxylation is 3. The maximum Gasteiger partial charge on any atom is 0.407 e. The van der Waals surface area contributed by atoms with Crippen LogP contribution in [0.4, 0.5) is 4.79 Å². The Morgan fingerprint density at radius 2 is 1.33 bits per heavy atom. The number of hydrogen-bond donors (Lipinski definition) is 4. The first-order valence-corrected chi connectivity index (χ1v) is 16.9. The van der Waals surface area contributed by atoms with Crippen LogP contribution in [-0.4, -0.2) is 115 Å². The van der Waals surface area contributed by atoms with Gasteiger partial charge in [0.1, 0.15) is 50.8 Å². The van der Waals surface area contributed by atoms with Crippen molar-refractivity contribution < 1.29 is 38.0 Å².